The summed E-state index contributed by atoms with van der Waals surface area (Å²) >= 11 is 0. The van der Waals surface area contributed by atoms with Crippen molar-refractivity contribution in [1.82, 2.24) is 20.0 Å². The summed E-state index contributed by atoms with van der Waals surface area (Å²) in [7, 11) is 0. The second-order valence-corrected chi connectivity index (χ2v) is 7.18. The van der Waals surface area contributed by atoms with Crippen molar-refractivity contribution in [2.75, 3.05) is 59.0 Å². The quantitative estimate of drug-likeness (QED) is 0.693. The highest BCUT2D eigenvalue weighted by Gasteiger charge is 2.31. The Morgan fingerprint density at radius 1 is 0.889 bits per heavy atom. The van der Waals surface area contributed by atoms with E-state index in [1.807, 2.05) is 9.80 Å². The summed E-state index contributed by atoms with van der Waals surface area (Å²) in [6.07, 6.45) is 3.80. The van der Waals surface area contributed by atoms with Gasteiger partial charge in [-0.15, -0.1) is 24.8 Å². The lowest BCUT2D eigenvalue weighted by molar-refractivity contribution is -0.145. The third-order valence-electron chi connectivity index (χ3n) is 5.56. The highest BCUT2D eigenvalue weighted by atomic mass is 35.5. The van der Waals surface area contributed by atoms with Gasteiger partial charge in [0.05, 0.1) is 6.10 Å². The second-order valence-electron chi connectivity index (χ2n) is 7.18. The first kappa shape index (κ1) is 24.2. The number of ether oxygens (including phenoxy) is 1. The fourth-order valence-electron chi connectivity index (χ4n) is 4.05. The average molecular weight is 427 g/mol. The first-order valence-electron chi connectivity index (χ1n) is 9.45. The van der Waals surface area contributed by atoms with Gasteiger partial charge in [-0.2, -0.15) is 0 Å². The summed E-state index contributed by atoms with van der Waals surface area (Å²) < 4.78 is 5.34. The maximum Gasteiger partial charge on any atom is 0.329 e. The minimum atomic E-state index is -0.940. The molecular weight excluding hydrogens is 395 g/mol. The Bertz CT molecular complexity index is 464. The molecule has 10 heteroatoms. The van der Waals surface area contributed by atoms with Gasteiger partial charge in [0.1, 0.15) is 6.61 Å². The molecule has 0 saturated carbocycles. The van der Waals surface area contributed by atoms with Crippen molar-refractivity contribution < 1.29 is 19.4 Å². The number of carboxylic acid groups (broad SMARTS) is 1. The van der Waals surface area contributed by atoms with E-state index in [-0.39, 0.29) is 43.6 Å². The number of aliphatic carboxylic acids is 1. The molecule has 3 saturated heterocycles. The molecule has 3 fully saturated rings. The zero-order valence-corrected chi connectivity index (χ0v) is 17.3. The van der Waals surface area contributed by atoms with Gasteiger partial charge >= 0.3 is 12.0 Å². The van der Waals surface area contributed by atoms with E-state index in [1.165, 1.54) is 12.8 Å². The number of nitrogens with one attached hydrogen (secondary N) is 1. The van der Waals surface area contributed by atoms with Crippen LogP contribution in [0.25, 0.3) is 0 Å². The third-order valence-corrected chi connectivity index (χ3v) is 5.56. The highest BCUT2D eigenvalue weighted by Crippen LogP contribution is 2.18. The number of piperazine rings is 1. The fourth-order valence-corrected chi connectivity index (χ4v) is 4.05. The van der Waals surface area contributed by atoms with E-state index < -0.39 is 5.97 Å². The summed E-state index contributed by atoms with van der Waals surface area (Å²) in [6.45, 7) is 6.79. The largest absolute Gasteiger partial charge is 0.480 e. The molecule has 8 nitrogen and oxygen atoms in total. The summed E-state index contributed by atoms with van der Waals surface area (Å²) in [5.74, 6) is -0.940. The molecule has 0 aliphatic carbocycles. The molecule has 0 aromatic carbocycles. The number of urea groups is 1. The summed E-state index contributed by atoms with van der Waals surface area (Å²) in [5, 5.41) is 12.1. The number of hydrogen-bond acceptors (Lipinski definition) is 5. The number of halogens is 2. The molecule has 3 heterocycles. The Balaban J connectivity index is 0.00000182. The van der Waals surface area contributed by atoms with Gasteiger partial charge in [0.25, 0.3) is 0 Å². The first-order chi connectivity index (χ1) is 12.1. The Morgan fingerprint density at radius 3 is 2.00 bits per heavy atom. The van der Waals surface area contributed by atoms with E-state index >= 15 is 0 Å². The van der Waals surface area contributed by atoms with Crippen LogP contribution < -0.4 is 5.32 Å². The molecule has 2 amide bonds. The van der Waals surface area contributed by atoms with Crippen molar-refractivity contribution in [3.05, 3.63) is 0 Å². The molecule has 2 N–H and O–H groups in total. The fraction of sp³-hybridized carbons (Fsp3) is 0.882. The van der Waals surface area contributed by atoms with Gasteiger partial charge in [-0.25, -0.2) is 9.59 Å². The van der Waals surface area contributed by atoms with Crippen LogP contribution >= 0.6 is 24.8 Å². The number of carboxylic acids is 1. The van der Waals surface area contributed by atoms with Crippen LogP contribution in [0.4, 0.5) is 4.79 Å². The molecule has 0 atom stereocenters. The van der Waals surface area contributed by atoms with Crippen LogP contribution in [0.15, 0.2) is 0 Å². The van der Waals surface area contributed by atoms with Crippen LogP contribution in [0.2, 0.25) is 0 Å². The van der Waals surface area contributed by atoms with Gasteiger partial charge in [-0.1, -0.05) is 0 Å². The van der Waals surface area contributed by atoms with Gasteiger partial charge in [0.15, 0.2) is 0 Å². The summed E-state index contributed by atoms with van der Waals surface area (Å²) in [4.78, 5) is 29.7. The number of rotatable bonds is 4. The van der Waals surface area contributed by atoms with Crippen molar-refractivity contribution in [2.24, 2.45) is 0 Å². The monoisotopic (exact) mass is 426 g/mol. The number of carbonyl (C=O) groups is 2. The Hall–Kier alpha value is -0.800. The van der Waals surface area contributed by atoms with Crippen LogP contribution in [0.5, 0.6) is 0 Å². The SMILES string of the molecule is Cl.Cl.O=C(O)COC1CCN(C(=O)N2CCN(C3CCNCC3)CC2)CC1. The average Bonchev–Trinajstić information content (AvgIpc) is 2.67. The van der Waals surface area contributed by atoms with Gasteiger partial charge in [-0.3, -0.25) is 4.90 Å². The van der Waals surface area contributed by atoms with Crippen LogP contribution in [0.3, 0.4) is 0 Å². The first-order valence-corrected chi connectivity index (χ1v) is 9.45. The van der Waals surface area contributed by atoms with Crippen molar-refractivity contribution in [3.8, 4) is 0 Å². The normalized spacial score (nSPS) is 22.7. The number of carbonyl (C=O) groups excluding carboxylic acids is 1. The topological polar surface area (TPSA) is 85.3 Å². The minimum absolute atomic E-state index is 0. The third kappa shape index (κ3) is 6.94. The number of piperidine rings is 2. The van der Waals surface area contributed by atoms with E-state index in [9.17, 15) is 9.59 Å². The van der Waals surface area contributed by atoms with Gasteiger partial charge < -0.3 is 25.0 Å². The zero-order valence-electron chi connectivity index (χ0n) is 15.7. The van der Waals surface area contributed by atoms with Crippen LogP contribution in [0, 0.1) is 0 Å². The van der Waals surface area contributed by atoms with Crippen molar-refractivity contribution in [3.63, 3.8) is 0 Å². The lowest BCUT2D eigenvalue weighted by atomic mass is 10.0. The predicted molar refractivity (Wildman–Crippen MR) is 107 cm³/mol. The summed E-state index contributed by atoms with van der Waals surface area (Å²) in [6, 6.07) is 0.794. The van der Waals surface area contributed by atoms with E-state index in [4.69, 9.17) is 9.84 Å². The van der Waals surface area contributed by atoms with Crippen molar-refractivity contribution in [2.45, 2.75) is 37.8 Å². The highest BCUT2D eigenvalue weighted by molar-refractivity contribution is 5.85. The molecule has 3 aliphatic rings. The van der Waals surface area contributed by atoms with Crippen molar-refractivity contribution in [1.29, 1.82) is 0 Å². The molecule has 0 radical (unpaired) electrons. The molecule has 3 rings (SSSR count). The van der Waals surface area contributed by atoms with E-state index in [0.29, 0.717) is 32.0 Å². The molecule has 27 heavy (non-hydrogen) atoms. The van der Waals surface area contributed by atoms with E-state index in [0.717, 1.165) is 39.3 Å². The van der Waals surface area contributed by atoms with Gasteiger partial charge in [0, 0.05) is 45.3 Å². The molecule has 0 bridgehead atoms. The van der Waals surface area contributed by atoms with E-state index in [1.54, 1.807) is 0 Å². The Morgan fingerprint density at radius 2 is 1.44 bits per heavy atom. The Labute approximate surface area is 173 Å². The minimum Gasteiger partial charge on any atom is -0.480 e. The maximum absolute atomic E-state index is 12.7. The van der Waals surface area contributed by atoms with Gasteiger partial charge in [-0.05, 0) is 38.8 Å². The zero-order chi connectivity index (χ0) is 17.6. The molecule has 158 valence electrons. The lowest BCUT2D eigenvalue weighted by Gasteiger charge is -2.43. The summed E-state index contributed by atoms with van der Waals surface area (Å²) in [5.41, 5.74) is 0. The number of likely N-dealkylation sites (tertiary alicyclic amines) is 1. The number of hydrogen-bond donors (Lipinski definition) is 2. The maximum atomic E-state index is 12.7. The second kappa shape index (κ2) is 11.9. The van der Waals surface area contributed by atoms with Crippen LogP contribution in [-0.2, 0) is 9.53 Å². The van der Waals surface area contributed by atoms with Crippen LogP contribution in [-0.4, -0.2) is 103 Å². The molecule has 0 unspecified atom stereocenters. The number of nitrogens with zero attached hydrogens (tertiary/aromatic N) is 3. The molecule has 0 aromatic heterocycles. The smallest absolute Gasteiger partial charge is 0.329 e. The molecule has 3 aliphatic heterocycles. The molecule has 0 aromatic rings. The van der Waals surface area contributed by atoms with Crippen molar-refractivity contribution >= 4 is 36.8 Å². The predicted octanol–water partition coefficient (Wildman–Crippen LogP) is 0.885. The standard InChI is InChI=1S/C17H30N4O4.2ClH/c22-16(23)13-25-15-3-7-20(8-4-15)17(24)21-11-9-19(10-12-21)14-1-5-18-6-2-14;;/h14-15,18H,1-13H2,(H,22,23);2*1H. The van der Waals surface area contributed by atoms with Crippen LogP contribution in [0.1, 0.15) is 25.7 Å². The molecular formula is C17H32Cl2N4O4. The number of amides is 2. The van der Waals surface area contributed by atoms with E-state index in [2.05, 4.69) is 10.2 Å². The lowest BCUT2D eigenvalue weighted by Crippen LogP contribution is -2.57. The Kier molecular flexibility index (Phi) is 10.7. The molecule has 0 spiro atoms. The van der Waals surface area contributed by atoms with Gasteiger partial charge in [0.2, 0.25) is 0 Å².